The lowest BCUT2D eigenvalue weighted by atomic mass is 10.0. The Morgan fingerprint density at radius 2 is 2.20 bits per heavy atom. The number of phenols is 1. The lowest BCUT2D eigenvalue weighted by molar-refractivity contribution is 0.0649. The molecule has 0 spiro atoms. The highest BCUT2D eigenvalue weighted by Crippen LogP contribution is 2.31. The van der Waals surface area contributed by atoms with Gasteiger partial charge in [0.15, 0.2) is 0 Å². The third-order valence-corrected chi connectivity index (χ3v) is 4.31. The van der Waals surface area contributed by atoms with Gasteiger partial charge < -0.3 is 15.7 Å². The van der Waals surface area contributed by atoms with Crippen LogP contribution >= 0.6 is 0 Å². The van der Waals surface area contributed by atoms with Crippen LogP contribution in [0.3, 0.4) is 0 Å². The maximum atomic E-state index is 12.7. The Morgan fingerprint density at radius 1 is 1.45 bits per heavy atom. The van der Waals surface area contributed by atoms with Crippen molar-refractivity contribution in [3.8, 4) is 5.75 Å². The van der Waals surface area contributed by atoms with Crippen molar-refractivity contribution in [3.63, 3.8) is 0 Å². The van der Waals surface area contributed by atoms with Crippen LogP contribution in [0, 0.1) is 12.8 Å². The smallest absolute Gasteiger partial charge is 0.257 e. The number of hydrogen-bond acceptors (Lipinski definition) is 3. The van der Waals surface area contributed by atoms with Crippen LogP contribution in [0.25, 0.3) is 0 Å². The highest BCUT2D eigenvalue weighted by Gasteiger charge is 2.34. The summed E-state index contributed by atoms with van der Waals surface area (Å²) in [5.74, 6) is 0.353. The molecular weight excluding hydrogens is 252 g/mol. The summed E-state index contributed by atoms with van der Waals surface area (Å²) in [6, 6.07) is 5.36. The van der Waals surface area contributed by atoms with Gasteiger partial charge in [0, 0.05) is 12.6 Å². The number of carbonyl (C=O) groups excluding carboxylic acids is 1. The van der Waals surface area contributed by atoms with Crippen molar-refractivity contribution >= 4 is 5.91 Å². The molecular formula is C16H24N2O2. The van der Waals surface area contributed by atoms with Crippen LogP contribution < -0.4 is 5.73 Å². The van der Waals surface area contributed by atoms with Crippen LogP contribution in [0.15, 0.2) is 18.2 Å². The number of nitrogens with zero attached hydrogens (tertiary/aromatic N) is 1. The van der Waals surface area contributed by atoms with E-state index in [1.54, 1.807) is 18.2 Å². The van der Waals surface area contributed by atoms with Gasteiger partial charge in [0.25, 0.3) is 5.91 Å². The molecule has 1 aromatic rings. The molecule has 1 aromatic carbocycles. The highest BCUT2D eigenvalue weighted by atomic mass is 16.3. The van der Waals surface area contributed by atoms with Gasteiger partial charge in [-0.2, -0.15) is 0 Å². The Kier molecular flexibility index (Phi) is 4.65. The van der Waals surface area contributed by atoms with Crippen LogP contribution in [-0.4, -0.2) is 35.0 Å². The molecule has 1 amide bonds. The average Bonchev–Trinajstić information content (AvgIpc) is 2.90. The molecule has 2 rings (SSSR count). The fraction of sp³-hybridized carbons (Fsp3) is 0.562. The zero-order chi connectivity index (χ0) is 14.7. The molecule has 1 saturated carbocycles. The third kappa shape index (κ3) is 2.80. The van der Waals surface area contributed by atoms with Gasteiger partial charge in [0.2, 0.25) is 0 Å². The number of aromatic hydroxyl groups is 1. The second-order valence-electron chi connectivity index (χ2n) is 5.61. The number of amides is 1. The van der Waals surface area contributed by atoms with Crippen molar-refractivity contribution in [1.82, 2.24) is 4.90 Å². The number of benzene rings is 1. The van der Waals surface area contributed by atoms with Crippen LogP contribution in [0.4, 0.5) is 0 Å². The maximum absolute atomic E-state index is 12.7. The standard InChI is InChI=1S/C16H24N2O2/c1-3-18(14-6-4-5-12(14)10-17)16(20)13-9-11(2)7-8-15(13)19/h7-9,12,14,19H,3-6,10,17H2,1-2H3. The van der Waals surface area contributed by atoms with E-state index in [0.29, 0.717) is 24.6 Å². The van der Waals surface area contributed by atoms with Crippen LogP contribution in [0.1, 0.15) is 42.1 Å². The van der Waals surface area contributed by atoms with Crippen LogP contribution in [0.2, 0.25) is 0 Å². The first-order valence-electron chi connectivity index (χ1n) is 7.39. The zero-order valence-corrected chi connectivity index (χ0v) is 12.3. The molecule has 0 bridgehead atoms. The molecule has 0 saturated heterocycles. The van der Waals surface area contributed by atoms with Gasteiger partial charge in [-0.1, -0.05) is 18.1 Å². The van der Waals surface area contributed by atoms with E-state index in [-0.39, 0.29) is 17.7 Å². The van der Waals surface area contributed by atoms with Gasteiger partial charge in [-0.25, -0.2) is 0 Å². The van der Waals surface area contributed by atoms with Crippen molar-refractivity contribution < 1.29 is 9.90 Å². The van der Waals surface area contributed by atoms with Crippen molar-refractivity contribution in [1.29, 1.82) is 0 Å². The van der Waals surface area contributed by atoms with E-state index in [1.165, 1.54) is 0 Å². The second-order valence-corrected chi connectivity index (χ2v) is 5.61. The number of aryl methyl sites for hydroxylation is 1. The molecule has 1 aliphatic rings. The summed E-state index contributed by atoms with van der Waals surface area (Å²) in [7, 11) is 0. The summed E-state index contributed by atoms with van der Waals surface area (Å²) in [5, 5.41) is 9.94. The van der Waals surface area contributed by atoms with E-state index in [1.807, 2.05) is 18.7 Å². The first-order valence-corrected chi connectivity index (χ1v) is 7.39. The van der Waals surface area contributed by atoms with Crippen molar-refractivity contribution in [3.05, 3.63) is 29.3 Å². The van der Waals surface area contributed by atoms with E-state index in [2.05, 4.69) is 0 Å². The number of rotatable bonds is 4. The second kappa shape index (κ2) is 6.27. The molecule has 4 nitrogen and oxygen atoms in total. The minimum absolute atomic E-state index is 0.0568. The van der Waals surface area contributed by atoms with E-state index in [0.717, 1.165) is 24.8 Å². The summed E-state index contributed by atoms with van der Waals surface area (Å²) in [6.45, 7) is 5.17. The third-order valence-electron chi connectivity index (χ3n) is 4.31. The molecule has 1 fully saturated rings. The predicted molar refractivity (Wildman–Crippen MR) is 79.7 cm³/mol. The summed E-state index contributed by atoms with van der Waals surface area (Å²) in [5.41, 5.74) is 7.20. The van der Waals surface area contributed by atoms with Gasteiger partial charge >= 0.3 is 0 Å². The molecule has 0 aromatic heterocycles. The van der Waals surface area contributed by atoms with Crippen molar-refractivity contribution in [2.24, 2.45) is 11.7 Å². The van der Waals surface area contributed by atoms with Crippen LogP contribution in [0.5, 0.6) is 5.75 Å². The van der Waals surface area contributed by atoms with Gasteiger partial charge in [0.1, 0.15) is 5.75 Å². The molecule has 0 aliphatic heterocycles. The van der Waals surface area contributed by atoms with Gasteiger partial charge in [-0.15, -0.1) is 0 Å². The quantitative estimate of drug-likeness (QED) is 0.886. The fourth-order valence-electron chi connectivity index (χ4n) is 3.21. The SMILES string of the molecule is CCN(C(=O)c1cc(C)ccc1O)C1CCCC1CN. The Morgan fingerprint density at radius 3 is 2.85 bits per heavy atom. The van der Waals surface area contributed by atoms with E-state index >= 15 is 0 Å². The van der Waals surface area contributed by atoms with Gasteiger partial charge in [-0.3, -0.25) is 4.79 Å². The molecule has 2 unspecified atom stereocenters. The van der Waals surface area contributed by atoms with Crippen LogP contribution in [-0.2, 0) is 0 Å². The zero-order valence-electron chi connectivity index (χ0n) is 12.3. The molecule has 110 valence electrons. The monoisotopic (exact) mass is 276 g/mol. The summed E-state index contributed by atoms with van der Waals surface area (Å²) in [4.78, 5) is 14.6. The first kappa shape index (κ1) is 14.9. The minimum Gasteiger partial charge on any atom is -0.507 e. The number of phenolic OH excluding ortho intramolecular Hbond substituents is 1. The van der Waals surface area contributed by atoms with Crippen molar-refractivity contribution in [2.75, 3.05) is 13.1 Å². The molecule has 1 aliphatic carbocycles. The van der Waals surface area contributed by atoms with Crippen molar-refractivity contribution in [2.45, 2.75) is 39.2 Å². The fourth-order valence-corrected chi connectivity index (χ4v) is 3.21. The lowest BCUT2D eigenvalue weighted by Crippen LogP contribution is -2.44. The Hall–Kier alpha value is -1.55. The van der Waals surface area contributed by atoms with E-state index in [9.17, 15) is 9.90 Å². The predicted octanol–water partition coefficient (Wildman–Crippen LogP) is 2.29. The molecule has 2 atom stereocenters. The van der Waals surface area contributed by atoms with E-state index in [4.69, 9.17) is 5.73 Å². The number of nitrogens with two attached hydrogens (primary N) is 1. The summed E-state index contributed by atoms with van der Waals surface area (Å²) >= 11 is 0. The topological polar surface area (TPSA) is 66.6 Å². The molecule has 4 heteroatoms. The minimum atomic E-state index is -0.0842. The maximum Gasteiger partial charge on any atom is 0.257 e. The van der Waals surface area contributed by atoms with Gasteiger partial charge in [-0.05, 0) is 51.3 Å². The molecule has 20 heavy (non-hydrogen) atoms. The molecule has 0 radical (unpaired) electrons. The lowest BCUT2D eigenvalue weighted by Gasteiger charge is -2.32. The summed E-state index contributed by atoms with van der Waals surface area (Å²) in [6.07, 6.45) is 3.22. The summed E-state index contributed by atoms with van der Waals surface area (Å²) < 4.78 is 0. The Labute approximate surface area is 120 Å². The van der Waals surface area contributed by atoms with E-state index < -0.39 is 0 Å². The largest absolute Gasteiger partial charge is 0.507 e. The Balaban J connectivity index is 2.27. The first-order chi connectivity index (χ1) is 9.58. The normalized spacial score (nSPS) is 21.9. The molecule has 0 heterocycles. The number of carbonyl (C=O) groups is 1. The Bertz CT molecular complexity index is 487. The molecule has 3 N–H and O–H groups in total. The number of hydrogen-bond donors (Lipinski definition) is 2. The highest BCUT2D eigenvalue weighted by molar-refractivity contribution is 5.97. The van der Waals surface area contributed by atoms with Gasteiger partial charge in [0.05, 0.1) is 5.56 Å². The average molecular weight is 276 g/mol.